The van der Waals surface area contributed by atoms with Crippen molar-refractivity contribution in [1.29, 1.82) is 0 Å². The van der Waals surface area contributed by atoms with Gasteiger partial charge < -0.3 is 24.3 Å². The van der Waals surface area contributed by atoms with E-state index in [1.807, 2.05) is 31.2 Å². The Labute approximate surface area is 251 Å². The zero-order valence-corrected chi connectivity index (χ0v) is 26.3. The molecule has 13 heteroatoms. The van der Waals surface area contributed by atoms with Gasteiger partial charge in [0.05, 0.1) is 23.7 Å². The topological polar surface area (TPSA) is 153 Å². The molecule has 0 amide bonds. The zero-order valence-electron chi connectivity index (χ0n) is 25.4. The number of benzene rings is 1. The molecule has 0 radical (unpaired) electrons. The van der Waals surface area contributed by atoms with E-state index in [0.29, 0.717) is 31.0 Å². The highest BCUT2D eigenvalue weighted by Crippen LogP contribution is 2.45. The first-order valence-electron chi connectivity index (χ1n) is 14.6. The van der Waals surface area contributed by atoms with Crippen molar-refractivity contribution < 1.29 is 27.9 Å². The van der Waals surface area contributed by atoms with Crippen LogP contribution in [-0.2, 0) is 30.0 Å². The molecule has 1 aromatic carbocycles. The molecule has 3 N–H and O–H groups in total. The van der Waals surface area contributed by atoms with Crippen LogP contribution in [0, 0.1) is 0 Å². The minimum atomic E-state index is -4.06. The van der Waals surface area contributed by atoms with Crippen LogP contribution in [0.4, 0.5) is 5.82 Å². The number of nitrogens with one attached hydrogen (secondary N) is 1. The normalized spacial score (nSPS) is 14.6. The zero-order chi connectivity index (χ0) is 31.0. The summed E-state index contributed by atoms with van der Waals surface area (Å²) >= 11 is 0. The number of aromatic nitrogens is 4. The molecule has 232 valence electrons. The molecule has 0 fully saturated rings. The molecule has 3 atom stereocenters. The summed E-state index contributed by atoms with van der Waals surface area (Å²) in [5.74, 6) is 0.588. The average molecular weight is 613 g/mol. The molecule has 0 aliphatic heterocycles. The standard InChI is InChI=1S/C30H41N6O6P/c1-6-12-22(36-25(19-39-7-2)34-27-28(36)23-13-8-9-14-24(23)33-29(27)31)16-18-40-43(38,42-26-15-10-11-17-32-26)35-21(5)30(37)41-20(3)4/h8-11,13-15,17,20-22H,6-7,12,16,18-19H2,1-5H3,(H2,31,33)(H,35,38)/t21-,22+,43?/m0/s1. The van der Waals surface area contributed by atoms with Gasteiger partial charge in [-0.25, -0.2) is 19.5 Å². The Morgan fingerprint density at radius 2 is 1.84 bits per heavy atom. The SMILES string of the molecule is CCC[C@H](CCOP(=O)(N[C@@H](C)C(=O)OC(C)C)Oc1ccccn1)n1c(COCC)nc2c(N)nc3ccccc3c21. The van der Waals surface area contributed by atoms with Crippen LogP contribution in [0.2, 0.25) is 0 Å². The minimum Gasteiger partial charge on any atom is -0.462 e. The van der Waals surface area contributed by atoms with Gasteiger partial charge in [0.15, 0.2) is 5.82 Å². The molecule has 0 saturated carbocycles. The fraction of sp³-hybridized carbons (Fsp3) is 0.467. The largest absolute Gasteiger partial charge is 0.462 e. The van der Waals surface area contributed by atoms with Gasteiger partial charge in [0.2, 0.25) is 5.88 Å². The smallest absolute Gasteiger partial charge is 0.460 e. The first-order valence-corrected chi connectivity index (χ1v) is 16.2. The van der Waals surface area contributed by atoms with Crippen LogP contribution in [0.15, 0.2) is 48.7 Å². The summed E-state index contributed by atoms with van der Waals surface area (Å²) in [5.41, 5.74) is 8.63. The number of esters is 1. The van der Waals surface area contributed by atoms with E-state index in [0.717, 1.165) is 35.1 Å². The monoisotopic (exact) mass is 612 g/mol. The van der Waals surface area contributed by atoms with Crippen LogP contribution in [0.25, 0.3) is 21.9 Å². The lowest BCUT2D eigenvalue weighted by atomic mass is 10.1. The van der Waals surface area contributed by atoms with Crippen molar-refractivity contribution in [3.8, 4) is 5.88 Å². The summed E-state index contributed by atoms with van der Waals surface area (Å²) < 4.78 is 38.9. The van der Waals surface area contributed by atoms with Crippen molar-refractivity contribution >= 4 is 41.5 Å². The molecule has 0 bridgehead atoms. The van der Waals surface area contributed by atoms with E-state index in [4.69, 9.17) is 29.2 Å². The van der Waals surface area contributed by atoms with Gasteiger partial charge in [0.25, 0.3) is 0 Å². The van der Waals surface area contributed by atoms with Crippen LogP contribution in [0.3, 0.4) is 0 Å². The van der Waals surface area contributed by atoms with Crippen molar-refractivity contribution in [3.05, 3.63) is 54.5 Å². The fourth-order valence-electron chi connectivity index (χ4n) is 4.84. The molecule has 3 aromatic heterocycles. The van der Waals surface area contributed by atoms with Crippen molar-refractivity contribution in [2.75, 3.05) is 18.9 Å². The van der Waals surface area contributed by atoms with Gasteiger partial charge in [0, 0.05) is 30.3 Å². The van der Waals surface area contributed by atoms with E-state index in [-0.39, 0.29) is 24.6 Å². The van der Waals surface area contributed by atoms with Gasteiger partial charge in [-0.15, -0.1) is 0 Å². The van der Waals surface area contributed by atoms with Crippen LogP contribution >= 0.6 is 7.75 Å². The Morgan fingerprint density at radius 3 is 2.53 bits per heavy atom. The Kier molecular flexibility index (Phi) is 11.1. The molecule has 3 heterocycles. The van der Waals surface area contributed by atoms with Gasteiger partial charge in [-0.1, -0.05) is 37.6 Å². The molecule has 0 spiro atoms. The van der Waals surface area contributed by atoms with Crippen molar-refractivity contribution in [3.63, 3.8) is 0 Å². The highest BCUT2D eigenvalue weighted by Gasteiger charge is 2.33. The summed E-state index contributed by atoms with van der Waals surface area (Å²) in [4.78, 5) is 26.1. The van der Waals surface area contributed by atoms with E-state index in [9.17, 15) is 9.36 Å². The molecule has 0 aliphatic carbocycles. The summed E-state index contributed by atoms with van der Waals surface area (Å²) in [6, 6.07) is 11.7. The maximum absolute atomic E-state index is 14.0. The number of para-hydroxylation sites is 1. The Balaban J connectivity index is 1.65. The van der Waals surface area contributed by atoms with E-state index in [2.05, 4.69) is 26.5 Å². The molecule has 0 saturated heterocycles. The lowest BCUT2D eigenvalue weighted by Gasteiger charge is -2.25. The first kappa shape index (κ1) is 32.3. The summed E-state index contributed by atoms with van der Waals surface area (Å²) in [6.07, 6.45) is 3.29. The predicted molar refractivity (Wildman–Crippen MR) is 166 cm³/mol. The number of rotatable bonds is 16. The molecule has 43 heavy (non-hydrogen) atoms. The number of nitrogens with two attached hydrogens (primary N) is 1. The number of fused-ring (bicyclic) bond motifs is 3. The van der Waals surface area contributed by atoms with E-state index >= 15 is 0 Å². The molecule has 1 unspecified atom stereocenters. The number of carbonyl (C=O) groups excluding carboxylic acids is 1. The van der Waals surface area contributed by atoms with Crippen LogP contribution < -0.4 is 15.3 Å². The van der Waals surface area contributed by atoms with E-state index in [1.165, 1.54) is 6.20 Å². The van der Waals surface area contributed by atoms with Gasteiger partial charge in [0.1, 0.15) is 24.0 Å². The van der Waals surface area contributed by atoms with Crippen molar-refractivity contribution in [2.45, 2.75) is 78.7 Å². The molecule has 0 aliphatic rings. The highest BCUT2D eigenvalue weighted by atomic mass is 31.2. The second kappa shape index (κ2) is 14.7. The first-order chi connectivity index (χ1) is 20.7. The molecule has 4 rings (SSSR count). The summed E-state index contributed by atoms with van der Waals surface area (Å²) in [5, 5.41) is 3.64. The summed E-state index contributed by atoms with van der Waals surface area (Å²) in [6.45, 7) is 9.91. The van der Waals surface area contributed by atoms with E-state index < -0.39 is 19.8 Å². The number of nitrogen functional groups attached to an aromatic ring is 1. The Bertz CT molecular complexity index is 1560. The van der Waals surface area contributed by atoms with Crippen LogP contribution in [0.5, 0.6) is 5.88 Å². The number of pyridine rings is 2. The highest BCUT2D eigenvalue weighted by molar-refractivity contribution is 7.52. The summed E-state index contributed by atoms with van der Waals surface area (Å²) in [7, 11) is -4.06. The molecular weight excluding hydrogens is 571 g/mol. The number of hydrogen-bond donors (Lipinski definition) is 2. The number of hydrogen-bond acceptors (Lipinski definition) is 10. The minimum absolute atomic E-state index is 0.0416. The number of imidazole rings is 1. The Hall–Kier alpha value is -3.57. The molecule has 4 aromatic rings. The Morgan fingerprint density at radius 1 is 1.07 bits per heavy atom. The van der Waals surface area contributed by atoms with Crippen LogP contribution in [-0.4, -0.2) is 50.8 Å². The molecule has 12 nitrogen and oxygen atoms in total. The lowest BCUT2D eigenvalue weighted by Crippen LogP contribution is -2.36. The van der Waals surface area contributed by atoms with Gasteiger partial charge in [-0.2, -0.15) is 5.09 Å². The predicted octanol–water partition coefficient (Wildman–Crippen LogP) is 5.96. The fourth-order valence-corrected chi connectivity index (χ4v) is 6.30. The quantitative estimate of drug-likeness (QED) is 0.114. The van der Waals surface area contributed by atoms with Crippen molar-refractivity contribution in [2.24, 2.45) is 0 Å². The maximum Gasteiger partial charge on any atom is 0.460 e. The number of nitrogens with zero attached hydrogens (tertiary/aromatic N) is 4. The second-order valence-electron chi connectivity index (χ2n) is 10.4. The average Bonchev–Trinajstić information content (AvgIpc) is 3.36. The molecular formula is C30H41N6O6P. The number of carbonyl (C=O) groups is 1. The van der Waals surface area contributed by atoms with Gasteiger partial charge >= 0.3 is 13.7 Å². The van der Waals surface area contributed by atoms with Gasteiger partial charge in [-0.05, 0) is 52.7 Å². The van der Waals surface area contributed by atoms with Crippen molar-refractivity contribution in [1.82, 2.24) is 24.6 Å². The third-order valence-electron chi connectivity index (χ3n) is 6.67. The number of anilines is 1. The van der Waals surface area contributed by atoms with E-state index in [1.54, 1.807) is 39.0 Å². The van der Waals surface area contributed by atoms with Crippen LogP contribution in [0.1, 0.15) is 65.7 Å². The third kappa shape index (κ3) is 8.08. The second-order valence-corrected chi connectivity index (χ2v) is 12.1. The number of ether oxygens (including phenoxy) is 2. The van der Waals surface area contributed by atoms with Gasteiger partial charge in [-0.3, -0.25) is 9.32 Å². The maximum atomic E-state index is 14.0. The third-order valence-corrected chi connectivity index (χ3v) is 8.32. The lowest BCUT2D eigenvalue weighted by molar-refractivity contribution is -0.149.